The lowest BCUT2D eigenvalue weighted by atomic mass is 10.0. The molecular formula is C16H19FN2O. The first-order valence-electron chi connectivity index (χ1n) is 6.59. The van der Waals surface area contributed by atoms with Crippen molar-refractivity contribution in [2.24, 2.45) is 0 Å². The minimum absolute atomic E-state index is 0.00271. The Balaban J connectivity index is 2.45. The van der Waals surface area contributed by atoms with Gasteiger partial charge in [-0.2, -0.15) is 0 Å². The highest BCUT2D eigenvalue weighted by Crippen LogP contribution is 2.32. The molecule has 1 heterocycles. The van der Waals surface area contributed by atoms with Crippen molar-refractivity contribution in [2.75, 3.05) is 7.05 Å². The maximum atomic E-state index is 13.8. The van der Waals surface area contributed by atoms with Crippen LogP contribution in [0.2, 0.25) is 0 Å². The molecule has 1 N–H and O–H groups in total. The molecule has 1 aromatic heterocycles. The van der Waals surface area contributed by atoms with E-state index >= 15 is 0 Å². The summed E-state index contributed by atoms with van der Waals surface area (Å²) >= 11 is 0. The summed E-state index contributed by atoms with van der Waals surface area (Å²) in [5.41, 5.74) is 2.16. The second kappa shape index (κ2) is 6.01. The Hall–Kier alpha value is -1.94. The number of nitrogens with one attached hydrogen (secondary N) is 1. The van der Waals surface area contributed by atoms with Crippen LogP contribution in [-0.2, 0) is 0 Å². The van der Waals surface area contributed by atoms with E-state index < -0.39 is 0 Å². The Bertz CT molecular complexity index is 613. The van der Waals surface area contributed by atoms with E-state index in [1.54, 1.807) is 19.2 Å². The SMILES string of the molecule is CNC(C)c1cc(F)c(C)cc1Oc1cccnc1C. The monoisotopic (exact) mass is 274 g/mol. The van der Waals surface area contributed by atoms with Crippen LogP contribution in [0.3, 0.4) is 0 Å². The molecule has 0 fully saturated rings. The lowest BCUT2D eigenvalue weighted by Crippen LogP contribution is -2.14. The number of ether oxygens (including phenoxy) is 1. The molecule has 106 valence electrons. The predicted octanol–water partition coefficient (Wildman–Crippen LogP) is 3.91. The molecule has 0 bridgehead atoms. The number of pyridine rings is 1. The minimum atomic E-state index is -0.225. The van der Waals surface area contributed by atoms with E-state index in [0.717, 1.165) is 11.3 Å². The number of aryl methyl sites for hydroxylation is 2. The molecule has 1 unspecified atom stereocenters. The van der Waals surface area contributed by atoms with Crippen molar-refractivity contribution < 1.29 is 9.13 Å². The molecule has 4 heteroatoms. The largest absolute Gasteiger partial charge is 0.455 e. The number of aromatic nitrogens is 1. The van der Waals surface area contributed by atoms with Gasteiger partial charge >= 0.3 is 0 Å². The van der Waals surface area contributed by atoms with E-state index in [4.69, 9.17) is 4.74 Å². The topological polar surface area (TPSA) is 34.1 Å². The van der Waals surface area contributed by atoms with Gasteiger partial charge in [-0.05, 0) is 57.6 Å². The van der Waals surface area contributed by atoms with Crippen molar-refractivity contribution in [3.8, 4) is 11.5 Å². The molecule has 20 heavy (non-hydrogen) atoms. The van der Waals surface area contributed by atoms with Gasteiger partial charge in [0, 0.05) is 17.8 Å². The zero-order valence-electron chi connectivity index (χ0n) is 12.2. The first-order chi connectivity index (χ1) is 9.52. The Morgan fingerprint density at radius 2 is 2.00 bits per heavy atom. The molecular weight excluding hydrogens is 255 g/mol. The number of nitrogens with zero attached hydrogens (tertiary/aromatic N) is 1. The van der Waals surface area contributed by atoms with Crippen LogP contribution in [0.1, 0.15) is 29.8 Å². The summed E-state index contributed by atoms with van der Waals surface area (Å²) in [5, 5.41) is 3.11. The third-order valence-corrected chi connectivity index (χ3v) is 3.37. The van der Waals surface area contributed by atoms with Crippen molar-refractivity contribution >= 4 is 0 Å². The highest BCUT2D eigenvalue weighted by Gasteiger charge is 2.15. The van der Waals surface area contributed by atoms with Gasteiger partial charge in [-0.25, -0.2) is 4.39 Å². The van der Waals surface area contributed by atoms with Gasteiger partial charge in [-0.3, -0.25) is 4.98 Å². The fourth-order valence-corrected chi connectivity index (χ4v) is 1.95. The van der Waals surface area contributed by atoms with Crippen LogP contribution in [-0.4, -0.2) is 12.0 Å². The summed E-state index contributed by atoms with van der Waals surface area (Å²) < 4.78 is 19.7. The fraction of sp³-hybridized carbons (Fsp3) is 0.312. The molecule has 0 radical (unpaired) electrons. The third kappa shape index (κ3) is 2.96. The summed E-state index contributed by atoms with van der Waals surface area (Å²) in [6, 6.07) is 6.93. The van der Waals surface area contributed by atoms with E-state index in [9.17, 15) is 4.39 Å². The molecule has 3 nitrogen and oxygen atoms in total. The van der Waals surface area contributed by atoms with Gasteiger partial charge in [0.25, 0.3) is 0 Å². The van der Waals surface area contributed by atoms with E-state index in [0.29, 0.717) is 17.1 Å². The van der Waals surface area contributed by atoms with Gasteiger partial charge in [0.15, 0.2) is 0 Å². The van der Waals surface area contributed by atoms with E-state index in [2.05, 4.69) is 10.3 Å². The van der Waals surface area contributed by atoms with Crippen molar-refractivity contribution in [3.63, 3.8) is 0 Å². The molecule has 1 aromatic carbocycles. The lowest BCUT2D eigenvalue weighted by molar-refractivity contribution is 0.456. The van der Waals surface area contributed by atoms with Crippen LogP contribution in [0.4, 0.5) is 4.39 Å². The number of hydrogen-bond acceptors (Lipinski definition) is 3. The molecule has 2 aromatic rings. The van der Waals surface area contributed by atoms with Crippen LogP contribution in [0.25, 0.3) is 0 Å². The van der Waals surface area contributed by atoms with Gasteiger partial charge in [0.2, 0.25) is 0 Å². The number of rotatable bonds is 4. The first-order valence-corrected chi connectivity index (χ1v) is 6.59. The molecule has 0 aliphatic rings. The van der Waals surface area contributed by atoms with Crippen LogP contribution in [0.15, 0.2) is 30.5 Å². The van der Waals surface area contributed by atoms with Crippen molar-refractivity contribution in [3.05, 3.63) is 53.1 Å². The number of benzene rings is 1. The van der Waals surface area contributed by atoms with Crippen molar-refractivity contribution in [2.45, 2.75) is 26.8 Å². The molecule has 2 rings (SSSR count). The first kappa shape index (κ1) is 14.5. The smallest absolute Gasteiger partial charge is 0.148 e. The fourth-order valence-electron chi connectivity index (χ4n) is 1.95. The van der Waals surface area contributed by atoms with Gasteiger partial charge in [-0.15, -0.1) is 0 Å². The molecule has 0 aliphatic heterocycles. The zero-order valence-corrected chi connectivity index (χ0v) is 12.2. The van der Waals surface area contributed by atoms with Crippen LogP contribution < -0.4 is 10.1 Å². The summed E-state index contributed by atoms with van der Waals surface area (Å²) in [7, 11) is 1.83. The van der Waals surface area contributed by atoms with Gasteiger partial charge < -0.3 is 10.1 Å². The Morgan fingerprint density at radius 1 is 1.25 bits per heavy atom. The molecule has 0 saturated heterocycles. The summed E-state index contributed by atoms with van der Waals surface area (Å²) in [5.74, 6) is 1.11. The average molecular weight is 274 g/mol. The van der Waals surface area contributed by atoms with Gasteiger partial charge in [0.1, 0.15) is 17.3 Å². The van der Waals surface area contributed by atoms with Crippen molar-refractivity contribution in [1.29, 1.82) is 0 Å². The number of hydrogen-bond donors (Lipinski definition) is 1. The maximum Gasteiger partial charge on any atom is 0.148 e. The van der Waals surface area contributed by atoms with Crippen LogP contribution >= 0.6 is 0 Å². The van der Waals surface area contributed by atoms with Gasteiger partial charge in [0.05, 0.1) is 5.69 Å². The zero-order chi connectivity index (χ0) is 14.7. The van der Waals surface area contributed by atoms with Crippen LogP contribution in [0.5, 0.6) is 11.5 Å². The van der Waals surface area contributed by atoms with Crippen LogP contribution in [0, 0.1) is 19.7 Å². The molecule has 0 saturated carbocycles. The quantitative estimate of drug-likeness (QED) is 0.917. The average Bonchev–Trinajstić information content (AvgIpc) is 2.44. The summed E-state index contributed by atoms with van der Waals surface area (Å²) in [4.78, 5) is 4.20. The van der Waals surface area contributed by atoms with E-state index in [1.807, 2.05) is 33.0 Å². The second-order valence-electron chi connectivity index (χ2n) is 4.84. The standard InChI is InChI=1S/C16H19FN2O/c1-10-8-16(13(9-14(10)17)11(2)18-4)20-15-6-5-7-19-12(15)3/h5-9,11,18H,1-4H3. The summed E-state index contributed by atoms with van der Waals surface area (Å²) in [6.07, 6.45) is 1.72. The molecule has 1 atom stereocenters. The highest BCUT2D eigenvalue weighted by atomic mass is 19.1. The maximum absolute atomic E-state index is 13.8. The second-order valence-corrected chi connectivity index (χ2v) is 4.84. The Morgan fingerprint density at radius 3 is 2.65 bits per heavy atom. The van der Waals surface area contributed by atoms with E-state index in [1.165, 1.54) is 6.07 Å². The van der Waals surface area contributed by atoms with E-state index in [-0.39, 0.29) is 11.9 Å². The Kier molecular flexibility index (Phi) is 4.35. The third-order valence-electron chi connectivity index (χ3n) is 3.37. The van der Waals surface area contributed by atoms with Gasteiger partial charge in [-0.1, -0.05) is 0 Å². The minimum Gasteiger partial charge on any atom is -0.455 e. The predicted molar refractivity (Wildman–Crippen MR) is 77.7 cm³/mol. The number of halogens is 1. The molecule has 0 amide bonds. The lowest BCUT2D eigenvalue weighted by Gasteiger charge is -2.18. The van der Waals surface area contributed by atoms with Crippen molar-refractivity contribution in [1.82, 2.24) is 10.3 Å². The summed E-state index contributed by atoms with van der Waals surface area (Å²) in [6.45, 7) is 5.58. The molecule has 0 spiro atoms. The molecule has 0 aliphatic carbocycles. The normalized spacial score (nSPS) is 12.2. The highest BCUT2D eigenvalue weighted by molar-refractivity contribution is 5.43. The Labute approximate surface area is 118 Å².